The summed E-state index contributed by atoms with van der Waals surface area (Å²) in [5.74, 6) is -0.739. The van der Waals surface area contributed by atoms with Crippen LogP contribution in [0.25, 0.3) is 0 Å². The number of aliphatic hydroxyl groups is 2. The minimum Gasteiger partial charge on any atom is -0.458 e. The summed E-state index contributed by atoms with van der Waals surface area (Å²) < 4.78 is 16.8. The summed E-state index contributed by atoms with van der Waals surface area (Å²) in [6, 6.07) is 1.40. The average Bonchev–Trinajstić information content (AvgIpc) is 3.33. The van der Waals surface area contributed by atoms with Gasteiger partial charge in [0.2, 0.25) is 0 Å². The van der Waals surface area contributed by atoms with Gasteiger partial charge >= 0.3 is 11.6 Å². The van der Waals surface area contributed by atoms with E-state index in [0.717, 1.165) is 0 Å². The molecule has 3 fully saturated rings. The summed E-state index contributed by atoms with van der Waals surface area (Å²) in [5.41, 5.74) is -1.25. The van der Waals surface area contributed by atoms with Crippen LogP contribution in [0.15, 0.2) is 15.3 Å². The summed E-state index contributed by atoms with van der Waals surface area (Å²) in [7, 11) is 0. The second-order valence-corrected chi connectivity index (χ2v) is 8.74. The van der Waals surface area contributed by atoms with Crippen molar-refractivity contribution in [1.29, 1.82) is 0 Å². The van der Waals surface area contributed by atoms with Crippen LogP contribution in [-0.4, -0.2) is 40.6 Å². The number of hydrogen-bond donors (Lipinski definition) is 2. The van der Waals surface area contributed by atoms with Crippen molar-refractivity contribution in [2.24, 2.45) is 11.3 Å². The lowest BCUT2D eigenvalue weighted by Gasteiger charge is -2.51. The maximum absolute atomic E-state index is 12.7. The van der Waals surface area contributed by atoms with E-state index in [0.29, 0.717) is 16.9 Å². The molecule has 0 aromatic carbocycles. The third-order valence-corrected chi connectivity index (χ3v) is 7.09. The van der Waals surface area contributed by atoms with Gasteiger partial charge in [-0.15, -0.1) is 0 Å². The number of esters is 1. The molecule has 26 heavy (non-hydrogen) atoms. The third kappa shape index (κ3) is 1.57. The van der Waals surface area contributed by atoms with Crippen LogP contribution >= 0.6 is 0 Å². The number of hydrogen-bond acceptors (Lipinski definition) is 7. The van der Waals surface area contributed by atoms with Crippen LogP contribution in [0.1, 0.15) is 56.6 Å². The van der Waals surface area contributed by atoms with E-state index in [1.807, 2.05) is 20.8 Å². The highest BCUT2D eigenvalue weighted by Crippen LogP contribution is 2.68. The van der Waals surface area contributed by atoms with Gasteiger partial charge in [-0.2, -0.15) is 0 Å². The van der Waals surface area contributed by atoms with E-state index in [2.05, 4.69) is 0 Å². The van der Waals surface area contributed by atoms with Crippen molar-refractivity contribution >= 4 is 5.97 Å². The zero-order chi connectivity index (χ0) is 18.8. The molecule has 8 atom stereocenters. The van der Waals surface area contributed by atoms with Crippen molar-refractivity contribution in [3.63, 3.8) is 0 Å². The Hall–Kier alpha value is -1.70. The molecule has 0 bridgehead atoms. The lowest BCUT2D eigenvalue weighted by molar-refractivity contribution is -0.156. The van der Waals surface area contributed by atoms with Gasteiger partial charge in [0.25, 0.3) is 0 Å². The van der Waals surface area contributed by atoms with Crippen LogP contribution in [0.5, 0.6) is 0 Å². The fraction of sp³-hybridized carbons (Fsp3) is 0.684. The molecule has 7 nitrogen and oxygen atoms in total. The van der Waals surface area contributed by atoms with Crippen molar-refractivity contribution in [3.8, 4) is 0 Å². The van der Waals surface area contributed by atoms with Gasteiger partial charge in [-0.05, 0) is 12.5 Å². The molecular formula is C19H22O7. The Bertz CT molecular complexity index is 888. The first kappa shape index (κ1) is 16.5. The summed E-state index contributed by atoms with van der Waals surface area (Å²) in [4.78, 5) is 25.0. The molecule has 140 valence electrons. The molecule has 2 N–H and O–H groups in total. The van der Waals surface area contributed by atoms with Gasteiger partial charge in [0.1, 0.15) is 29.5 Å². The second kappa shape index (κ2) is 4.58. The van der Waals surface area contributed by atoms with Crippen molar-refractivity contribution in [3.05, 3.63) is 33.4 Å². The highest BCUT2D eigenvalue weighted by Gasteiger charge is 2.79. The second-order valence-electron chi connectivity index (χ2n) is 8.74. The summed E-state index contributed by atoms with van der Waals surface area (Å²) in [5, 5.41) is 21.8. The fourth-order valence-corrected chi connectivity index (χ4v) is 5.85. The van der Waals surface area contributed by atoms with E-state index < -0.39 is 52.8 Å². The Kier molecular flexibility index (Phi) is 2.90. The molecule has 2 aliphatic carbocycles. The van der Waals surface area contributed by atoms with E-state index >= 15 is 0 Å². The lowest BCUT2D eigenvalue weighted by Crippen LogP contribution is -2.62. The van der Waals surface area contributed by atoms with Crippen LogP contribution in [0.4, 0.5) is 0 Å². The fourth-order valence-electron chi connectivity index (χ4n) is 5.85. The molecule has 2 saturated heterocycles. The molecule has 1 aromatic heterocycles. The molecule has 3 heterocycles. The number of ether oxygens (including phenoxy) is 2. The van der Waals surface area contributed by atoms with E-state index in [1.54, 1.807) is 6.92 Å². The smallest absolute Gasteiger partial charge is 0.336 e. The van der Waals surface area contributed by atoms with Crippen LogP contribution in [-0.2, 0) is 19.7 Å². The number of aliphatic hydroxyl groups excluding tert-OH is 2. The third-order valence-electron chi connectivity index (χ3n) is 7.09. The molecule has 4 aliphatic rings. The molecule has 0 radical (unpaired) electrons. The van der Waals surface area contributed by atoms with Gasteiger partial charge in [-0.1, -0.05) is 20.8 Å². The molecule has 1 aromatic rings. The normalized spacial score (nSPS) is 47.9. The Morgan fingerprint density at radius 1 is 1.12 bits per heavy atom. The van der Waals surface area contributed by atoms with E-state index in [9.17, 15) is 19.8 Å². The van der Waals surface area contributed by atoms with Gasteiger partial charge in [0, 0.05) is 28.9 Å². The maximum Gasteiger partial charge on any atom is 0.336 e. The van der Waals surface area contributed by atoms with Gasteiger partial charge in [-0.3, -0.25) is 4.79 Å². The summed E-state index contributed by atoms with van der Waals surface area (Å²) in [6.45, 7) is 7.38. The van der Waals surface area contributed by atoms with Crippen molar-refractivity contribution in [2.45, 2.75) is 69.5 Å². The molecule has 1 saturated carbocycles. The Morgan fingerprint density at radius 2 is 1.81 bits per heavy atom. The largest absolute Gasteiger partial charge is 0.458 e. The quantitative estimate of drug-likeness (QED) is 0.560. The molecule has 2 aliphatic heterocycles. The van der Waals surface area contributed by atoms with Crippen LogP contribution in [0.2, 0.25) is 0 Å². The lowest BCUT2D eigenvalue weighted by atomic mass is 9.48. The van der Waals surface area contributed by atoms with Crippen LogP contribution in [0, 0.1) is 11.3 Å². The van der Waals surface area contributed by atoms with Gasteiger partial charge in [0.15, 0.2) is 0 Å². The van der Waals surface area contributed by atoms with Gasteiger partial charge in [-0.25, -0.2) is 4.79 Å². The minimum atomic E-state index is -1.19. The molecular weight excluding hydrogens is 340 g/mol. The summed E-state index contributed by atoms with van der Waals surface area (Å²) >= 11 is 0. The Labute approximate surface area is 149 Å². The van der Waals surface area contributed by atoms with Crippen molar-refractivity contribution < 1.29 is 28.9 Å². The van der Waals surface area contributed by atoms with Crippen molar-refractivity contribution in [2.75, 3.05) is 0 Å². The number of rotatable bonds is 1. The first-order chi connectivity index (χ1) is 12.1. The van der Waals surface area contributed by atoms with Crippen LogP contribution in [0.3, 0.4) is 0 Å². The first-order valence-electron chi connectivity index (χ1n) is 9.04. The standard InChI is InChI=1S/C19H22O7/c1-6(2)11-9-7(5-8(20)24-11)18(3)14-12(10(9)21)26-17(23)19(14,4)15(22)13-16(18)25-13/h5-6,10,12-16,21-22H,1-4H3/t10-,12+,13?,14+,15-,16+,18-,19+/m1/s1. The molecule has 0 spiro atoms. The van der Waals surface area contributed by atoms with E-state index in [4.69, 9.17) is 13.9 Å². The van der Waals surface area contributed by atoms with E-state index in [-0.39, 0.29) is 12.0 Å². The molecule has 7 heteroatoms. The minimum absolute atomic E-state index is 0.124. The number of fused-ring (bicyclic) bond motifs is 4. The number of carbonyl (C=O) groups is 1. The van der Waals surface area contributed by atoms with Crippen molar-refractivity contribution in [1.82, 2.24) is 0 Å². The summed E-state index contributed by atoms with van der Waals surface area (Å²) in [6.07, 6.45) is -3.74. The Balaban J connectivity index is 1.85. The zero-order valence-electron chi connectivity index (χ0n) is 15.1. The predicted octanol–water partition coefficient (Wildman–Crippen LogP) is 0.758. The zero-order valence-corrected chi connectivity index (χ0v) is 15.1. The number of carbonyl (C=O) groups excluding carboxylic acids is 1. The predicted molar refractivity (Wildman–Crippen MR) is 87.5 cm³/mol. The highest BCUT2D eigenvalue weighted by molar-refractivity contribution is 5.82. The van der Waals surface area contributed by atoms with E-state index in [1.165, 1.54) is 6.07 Å². The monoisotopic (exact) mass is 362 g/mol. The molecule has 0 amide bonds. The average molecular weight is 362 g/mol. The Morgan fingerprint density at radius 3 is 2.46 bits per heavy atom. The first-order valence-corrected chi connectivity index (χ1v) is 9.04. The number of epoxide rings is 1. The van der Waals surface area contributed by atoms with Crippen LogP contribution < -0.4 is 5.63 Å². The molecule has 1 unspecified atom stereocenters. The molecule has 5 rings (SSSR count). The van der Waals surface area contributed by atoms with Gasteiger partial charge in [0.05, 0.1) is 12.2 Å². The SMILES string of the molecule is CC(C)c1oc(=O)cc2c1[C@@H](O)[C@@H]1OC(=O)[C@]3(C)[C@H](O)C4O[C@@H]4[C@@]2(C)[C@H]13. The highest BCUT2D eigenvalue weighted by atomic mass is 16.6. The topological polar surface area (TPSA) is 110 Å². The van der Waals surface area contributed by atoms with Gasteiger partial charge < -0.3 is 24.1 Å². The maximum atomic E-state index is 12.7.